The fraction of sp³-hybridized carbons (Fsp3) is 0.889. The van der Waals surface area contributed by atoms with Crippen LogP contribution in [0.5, 0.6) is 0 Å². The van der Waals surface area contributed by atoms with Gasteiger partial charge >= 0.3 is 5.97 Å². The molecular formula is C9H16O2. The molecule has 0 aromatic heterocycles. The number of rotatable bonds is 1. The van der Waals surface area contributed by atoms with E-state index in [4.69, 9.17) is 5.11 Å². The maximum atomic E-state index is 10.8. The summed E-state index contributed by atoms with van der Waals surface area (Å²) in [6.07, 6.45) is 4.20. The predicted molar refractivity (Wildman–Crippen MR) is 43.4 cm³/mol. The number of hydrogen-bond donors (Lipinski definition) is 1. The van der Waals surface area contributed by atoms with Gasteiger partial charge in [0, 0.05) is 0 Å². The Labute approximate surface area is 67.6 Å². The summed E-state index contributed by atoms with van der Waals surface area (Å²) in [6, 6.07) is 0. The normalized spacial score (nSPS) is 29.8. The standard InChI is InChI=1S/C9H16O2/c1-9(2)6-4-3-5-7(9)8(10)11/h7H,3-6H2,1-2H3,(H,10,11). The van der Waals surface area contributed by atoms with Gasteiger partial charge in [0.1, 0.15) is 0 Å². The molecule has 1 atom stereocenters. The lowest BCUT2D eigenvalue weighted by Gasteiger charge is -2.35. The zero-order valence-corrected chi connectivity index (χ0v) is 7.26. The van der Waals surface area contributed by atoms with Gasteiger partial charge in [0.2, 0.25) is 0 Å². The van der Waals surface area contributed by atoms with Crippen molar-refractivity contribution in [3.05, 3.63) is 0 Å². The van der Waals surface area contributed by atoms with Gasteiger partial charge in [-0.1, -0.05) is 26.7 Å². The molecule has 1 rings (SSSR count). The summed E-state index contributed by atoms with van der Waals surface area (Å²) in [6.45, 7) is 4.12. The SMILES string of the molecule is CC1(C)CCCCC1C(=O)O. The summed E-state index contributed by atoms with van der Waals surface area (Å²) in [5.41, 5.74) is 0.0179. The second-order valence-corrected chi connectivity index (χ2v) is 4.13. The van der Waals surface area contributed by atoms with Crippen LogP contribution in [0.25, 0.3) is 0 Å². The third kappa shape index (κ3) is 1.73. The molecule has 2 nitrogen and oxygen atoms in total. The summed E-state index contributed by atoms with van der Waals surface area (Å²) >= 11 is 0. The molecule has 1 fully saturated rings. The van der Waals surface area contributed by atoms with Gasteiger partial charge in [0.05, 0.1) is 5.92 Å². The Morgan fingerprint density at radius 1 is 1.45 bits per heavy atom. The van der Waals surface area contributed by atoms with Crippen LogP contribution < -0.4 is 0 Å². The van der Waals surface area contributed by atoms with Crippen LogP contribution in [0.1, 0.15) is 39.5 Å². The summed E-state index contributed by atoms with van der Waals surface area (Å²) in [4.78, 5) is 10.8. The van der Waals surface area contributed by atoms with Crippen LogP contribution in [0.4, 0.5) is 0 Å². The number of carbonyl (C=O) groups is 1. The first-order valence-electron chi connectivity index (χ1n) is 4.27. The molecule has 0 amide bonds. The molecule has 1 aliphatic carbocycles. The molecule has 0 heterocycles. The molecule has 1 N–H and O–H groups in total. The zero-order valence-electron chi connectivity index (χ0n) is 7.26. The van der Waals surface area contributed by atoms with Crippen LogP contribution in [-0.2, 0) is 4.79 Å². The second kappa shape index (κ2) is 2.84. The molecule has 0 saturated heterocycles. The molecule has 11 heavy (non-hydrogen) atoms. The Morgan fingerprint density at radius 2 is 2.09 bits per heavy atom. The minimum Gasteiger partial charge on any atom is -0.481 e. The van der Waals surface area contributed by atoms with Gasteiger partial charge in [-0.3, -0.25) is 4.79 Å². The van der Waals surface area contributed by atoms with Crippen molar-refractivity contribution in [1.82, 2.24) is 0 Å². The van der Waals surface area contributed by atoms with E-state index < -0.39 is 5.97 Å². The minimum atomic E-state index is -0.616. The van der Waals surface area contributed by atoms with Gasteiger partial charge in [0.25, 0.3) is 0 Å². The summed E-state index contributed by atoms with van der Waals surface area (Å²) in [7, 11) is 0. The quantitative estimate of drug-likeness (QED) is 0.632. The molecule has 0 bridgehead atoms. The van der Waals surface area contributed by atoms with Crippen molar-refractivity contribution in [3.63, 3.8) is 0 Å². The van der Waals surface area contributed by atoms with Crippen molar-refractivity contribution in [2.75, 3.05) is 0 Å². The highest BCUT2D eigenvalue weighted by molar-refractivity contribution is 5.71. The molecule has 1 unspecified atom stereocenters. The van der Waals surface area contributed by atoms with E-state index in [2.05, 4.69) is 13.8 Å². The van der Waals surface area contributed by atoms with Crippen molar-refractivity contribution >= 4 is 5.97 Å². The van der Waals surface area contributed by atoms with Crippen LogP contribution in [0.3, 0.4) is 0 Å². The van der Waals surface area contributed by atoms with Gasteiger partial charge in [-0.15, -0.1) is 0 Å². The number of hydrogen-bond acceptors (Lipinski definition) is 1. The van der Waals surface area contributed by atoms with Crippen LogP contribution in [0.15, 0.2) is 0 Å². The van der Waals surface area contributed by atoms with Crippen LogP contribution in [0.2, 0.25) is 0 Å². The third-order valence-electron chi connectivity index (χ3n) is 2.81. The Hall–Kier alpha value is -0.530. The molecule has 0 spiro atoms. The first-order valence-corrected chi connectivity index (χ1v) is 4.27. The molecule has 0 radical (unpaired) electrons. The van der Waals surface area contributed by atoms with Crippen molar-refractivity contribution in [2.45, 2.75) is 39.5 Å². The summed E-state index contributed by atoms with van der Waals surface area (Å²) in [5, 5.41) is 8.87. The van der Waals surface area contributed by atoms with E-state index in [-0.39, 0.29) is 11.3 Å². The van der Waals surface area contributed by atoms with Crippen molar-refractivity contribution in [3.8, 4) is 0 Å². The predicted octanol–water partition coefficient (Wildman–Crippen LogP) is 2.29. The molecule has 2 heteroatoms. The maximum absolute atomic E-state index is 10.8. The largest absolute Gasteiger partial charge is 0.481 e. The first-order chi connectivity index (χ1) is 5.04. The third-order valence-corrected chi connectivity index (χ3v) is 2.81. The second-order valence-electron chi connectivity index (χ2n) is 4.13. The Balaban J connectivity index is 2.67. The van der Waals surface area contributed by atoms with Crippen LogP contribution in [-0.4, -0.2) is 11.1 Å². The van der Waals surface area contributed by atoms with E-state index in [9.17, 15) is 4.79 Å². The molecule has 0 aliphatic heterocycles. The van der Waals surface area contributed by atoms with Gasteiger partial charge < -0.3 is 5.11 Å². The number of carboxylic acid groups (broad SMARTS) is 1. The maximum Gasteiger partial charge on any atom is 0.307 e. The molecule has 0 aromatic carbocycles. The highest BCUT2D eigenvalue weighted by Crippen LogP contribution is 2.40. The van der Waals surface area contributed by atoms with Crippen molar-refractivity contribution in [1.29, 1.82) is 0 Å². The fourth-order valence-electron chi connectivity index (χ4n) is 1.95. The topological polar surface area (TPSA) is 37.3 Å². The smallest absolute Gasteiger partial charge is 0.307 e. The van der Waals surface area contributed by atoms with Crippen molar-refractivity contribution < 1.29 is 9.90 Å². The van der Waals surface area contributed by atoms with E-state index in [1.807, 2.05) is 0 Å². The van der Waals surface area contributed by atoms with Crippen LogP contribution in [0, 0.1) is 11.3 Å². The van der Waals surface area contributed by atoms with E-state index in [0.29, 0.717) is 0 Å². The monoisotopic (exact) mass is 156 g/mol. The minimum absolute atomic E-state index is 0.0179. The van der Waals surface area contributed by atoms with E-state index in [1.165, 1.54) is 6.42 Å². The molecule has 1 aliphatic rings. The number of aliphatic carboxylic acids is 1. The zero-order chi connectivity index (χ0) is 8.48. The number of carboxylic acids is 1. The molecule has 1 saturated carbocycles. The summed E-state index contributed by atoms with van der Waals surface area (Å²) < 4.78 is 0. The molecule has 64 valence electrons. The lowest BCUT2D eigenvalue weighted by molar-refractivity contribution is -0.147. The first kappa shape index (κ1) is 8.57. The Kier molecular flexibility index (Phi) is 2.21. The van der Waals surface area contributed by atoms with E-state index >= 15 is 0 Å². The molecule has 0 aromatic rings. The highest BCUT2D eigenvalue weighted by atomic mass is 16.4. The Bertz CT molecular complexity index is 161. The van der Waals surface area contributed by atoms with Gasteiger partial charge in [0.15, 0.2) is 0 Å². The van der Waals surface area contributed by atoms with E-state index in [0.717, 1.165) is 19.3 Å². The molecular weight excluding hydrogens is 140 g/mol. The van der Waals surface area contributed by atoms with Crippen molar-refractivity contribution in [2.24, 2.45) is 11.3 Å². The Morgan fingerprint density at radius 3 is 2.45 bits per heavy atom. The highest BCUT2D eigenvalue weighted by Gasteiger charge is 2.36. The van der Waals surface area contributed by atoms with Gasteiger partial charge in [-0.2, -0.15) is 0 Å². The van der Waals surface area contributed by atoms with Gasteiger partial charge in [-0.25, -0.2) is 0 Å². The fourth-order valence-corrected chi connectivity index (χ4v) is 1.95. The lowest BCUT2D eigenvalue weighted by Crippen LogP contribution is -2.33. The van der Waals surface area contributed by atoms with Gasteiger partial charge in [-0.05, 0) is 18.3 Å². The lowest BCUT2D eigenvalue weighted by atomic mass is 9.69. The average Bonchev–Trinajstić information content (AvgIpc) is 1.85. The average molecular weight is 156 g/mol. The van der Waals surface area contributed by atoms with E-state index in [1.54, 1.807) is 0 Å². The summed E-state index contributed by atoms with van der Waals surface area (Å²) in [5.74, 6) is -0.731. The van der Waals surface area contributed by atoms with Crippen LogP contribution >= 0.6 is 0 Å².